The molecule has 0 saturated heterocycles. The van der Waals surface area contributed by atoms with Crippen LogP contribution in [-0.4, -0.2) is 22.2 Å². The second-order valence-corrected chi connectivity index (χ2v) is 4.02. The molecular weight excluding hydrogens is 204 g/mol. The zero-order valence-corrected chi connectivity index (χ0v) is 10.4. The fourth-order valence-electron chi connectivity index (χ4n) is 1.97. The van der Waals surface area contributed by atoms with E-state index in [1.807, 2.05) is 25.6 Å². The molecule has 3 N–H and O–H groups in total. The molecule has 5 heteroatoms. The van der Waals surface area contributed by atoms with Crippen molar-refractivity contribution in [1.82, 2.24) is 15.1 Å². The molecule has 0 aliphatic heterocycles. The number of nitrogens with one attached hydrogen (secondary N) is 1. The summed E-state index contributed by atoms with van der Waals surface area (Å²) in [6.07, 6.45) is 0.903. The van der Waals surface area contributed by atoms with Crippen LogP contribution in [0.4, 0.5) is 0 Å². The van der Waals surface area contributed by atoms with E-state index in [1.165, 1.54) is 5.56 Å². The fourth-order valence-corrected chi connectivity index (χ4v) is 1.97. The average molecular weight is 224 g/mol. The highest BCUT2D eigenvalue weighted by atomic mass is 16.1. The van der Waals surface area contributed by atoms with Gasteiger partial charge in [0.15, 0.2) is 0 Å². The van der Waals surface area contributed by atoms with E-state index in [0.29, 0.717) is 0 Å². The van der Waals surface area contributed by atoms with Crippen molar-refractivity contribution >= 4 is 5.91 Å². The Bertz CT molecular complexity index is 384. The van der Waals surface area contributed by atoms with Crippen LogP contribution in [0.1, 0.15) is 36.3 Å². The predicted molar refractivity (Wildman–Crippen MR) is 62.9 cm³/mol. The molecule has 1 atom stereocenters. The highest BCUT2D eigenvalue weighted by molar-refractivity contribution is 5.75. The lowest BCUT2D eigenvalue weighted by atomic mass is 10.0. The Hall–Kier alpha value is -1.36. The summed E-state index contributed by atoms with van der Waals surface area (Å²) in [6.45, 7) is 6.29. The molecule has 1 aromatic rings. The van der Waals surface area contributed by atoms with Crippen molar-refractivity contribution in [3.8, 4) is 0 Å². The third kappa shape index (κ3) is 2.61. The Morgan fingerprint density at radius 1 is 1.56 bits per heavy atom. The zero-order chi connectivity index (χ0) is 12.3. The van der Waals surface area contributed by atoms with E-state index in [0.717, 1.165) is 17.8 Å². The van der Waals surface area contributed by atoms with Crippen LogP contribution < -0.4 is 11.1 Å². The topological polar surface area (TPSA) is 72.9 Å². The SMILES string of the molecule is CCC(NCC(N)=O)c1c(C)nn(C)c1C. The molecule has 0 aromatic carbocycles. The second kappa shape index (κ2) is 5.12. The Balaban J connectivity index is 2.90. The Morgan fingerprint density at radius 3 is 2.56 bits per heavy atom. The van der Waals surface area contributed by atoms with E-state index < -0.39 is 0 Å². The maximum atomic E-state index is 10.8. The Kier molecular flexibility index (Phi) is 4.06. The molecule has 0 aliphatic rings. The van der Waals surface area contributed by atoms with Crippen LogP contribution in [-0.2, 0) is 11.8 Å². The first kappa shape index (κ1) is 12.7. The highest BCUT2D eigenvalue weighted by Gasteiger charge is 2.18. The monoisotopic (exact) mass is 224 g/mol. The van der Waals surface area contributed by atoms with Crippen LogP contribution in [0, 0.1) is 13.8 Å². The van der Waals surface area contributed by atoms with E-state index in [-0.39, 0.29) is 18.5 Å². The molecule has 0 spiro atoms. The molecule has 1 heterocycles. The third-order valence-electron chi connectivity index (χ3n) is 2.84. The van der Waals surface area contributed by atoms with Crippen LogP contribution in [0.5, 0.6) is 0 Å². The van der Waals surface area contributed by atoms with Gasteiger partial charge in [0.1, 0.15) is 0 Å². The number of aromatic nitrogens is 2. The standard InChI is InChI=1S/C11H20N4O/c1-5-9(13-6-10(12)16)11-7(2)14-15(4)8(11)3/h9,13H,5-6H2,1-4H3,(H2,12,16). The first-order valence-corrected chi connectivity index (χ1v) is 5.49. The predicted octanol–water partition coefficient (Wildman–Crippen LogP) is 0.563. The molecule has 0 aliphatic carbocycles. The number of aryl methyl sites for hydroxylation is 2. The van der Waals surface area contributed by atoms with Crippen LogP contribution in [0.25, 0.3) is 0 Å². The molecule has 5 nitrogen and oxygen atoms in total. The number of rotatable bonds is 5. The van der Waals surface area contributed by atoms with Crippen LogP contribution in [0.15, 0.2) is 0 Å². The van der Waals surface area contributed by atoms with Crippen molar-refractivity contribution in [1.29, 1.82) is 0 Å². The molecule has 0 radical (unpaired) electrons. The molecule has 1 unspecified atom stereocenters. The summed E-state index contributed by atoms with van der Waals surface area (Å²) in [4.78, 5) is 10.8. The van der Waals surface area contributed by atoms with E-state index in [9.17, 15) is 4.79 Å². The van der Waals surface area contributed by atoms with Gasteiger partial charge >= 0.3 is 0 Å². The summed E-state index contributed by atoms with van der Waals surface area (Å²) < 4.78 is 1.86. The van der Waals surface area contributed by atoms with Crippen molar-refractivity contribution in [2.24, 2.45) is 12.8 Å². The number of primary amides is 1. The molecular formula is C11H20N4O. The van der Waals surface area contributed by atoms with Crippen LogP contribution in [0.3, 0.4) is 0 Å². The molecule has 0 bridgehead atoms. The van der Waals surface area contributed by atoms with Gasteiger partial charge in [0.25, 0.3) is 0 Å². The minimum absolute atomic E-state index is 0.140. The summed E-state index contributed by atoms with van der Waals surface area (Å²) in [5.74, 6) is -0.336. The Morgan fingerprint density at radius 2 is 2.19 bits per heavy atom. The average Bonchev–Trinajstić information content (AvgIpc) is 2.45. The Labute approximate surface area is 96.0 Å². The number of amides is 1. The van der Waals surface area contributed by atoms with E-state index >= 15 is 0 Å². The summed E-state index contributed by atoms with van der Waals surface area (Å²) in [5.41, 5.74) is 8.43. The number of hydrogen-bond donors (Lipinski definition) is 2. The molecule has 16 heavy (non-hydrogen) atoms. The first-order valence-electron chi connectivity index (χ1n) is 5.49. The lowest BCUT2D eigenvalue weighted by molar-refractivity contribution is -0.117. The first-order chi connectivity index (χ1) is 7.47. The van der Waals surface area contributed by atoms with Crippen LogP contribution in [0.2, 0.25) is 0 Å². The van der Waals surface area contributed by atoms with Crippen molar-refractivity contribution in [2.45, 2.75) is 33.2 Å². The van der Waals surface area contributed by atoms with Gasteiger partial charge in [0.2, 0.25) is 5.91 Å². The second-order valence-electron chi connectivity index (χ2n) is 4.02. The van der Waals surface area contributed by atoms with Gasteiger partial charge in [0.05, 0.1) is 12.2 Å². The molecule has 1 amide bonds. The van der Waals surface area contributed by atoms with Gasteiger partial charge in [-0.2, -0.15) is 5.10 Å². The van der Waals surface area contributed by atoms with Gasteiger partial charge in [-0.15, -0.1) is 0 Å². The lowest BCUT2D eigenvalue weighted by Gasteiger charge is -2.16. The lowest BCUT2D eigenvalue weighted by Crippen LogP contribution is -2.32. The van der Waals surface area contributed by atoms with Gasteiger partial charge in [-0.25, -0.2) is 0 Å². The highest BCUT2D eigenvalue weighted by Crippen LogP contribution is 2.23. The van der Waals surface area contributed by atoms with Gasteiger partial charge < -0.3 is 11.1 Å². The molecule has 0 fully saturated rings. The van der Waals surface area contributed by atoms with Crippen molar-refractivity contribution in [3.63, 3.8) is 0 Å². The molecule has 1 aromatic heterocycles. The smallest absolute Gasteiger partial charge is 0.231 e. The van der Waals surface area contributed by atoms with Crippen LogP contribution >= 0.6 is 0 Å². The minimum Gasteiger partial charge on any atom is -0.369 e. The summed E-state index contributed by atoms with van der Waals surface area (Å²) >= 11 is 0. The van der Waals surface area contributed by atoms with Crippen molar-refractivity contribution in [3.05, 3.63) is 17.0 Å². The largest absolute Gasteiger partial charge is 0.369 e. The van der Waals surface area contributed by atoms with Gasteiger partial charge in [-0.1, -0.05) is 6.92 Å². The van der Waals surface area contributed by atoms with Gasteiger partial charge in [-0.05, 0) is 20.3 Å². The summed E-state index contributed by atoms with van der Waals surface area (Å²) in [7, 11) is 1.92. The van der Waals surface area contributed by atoms with Gasteiger partial charge in [0, 0.05) is 24.3 Å². The number of nitrogens with zero attached hydrogens (tertiary/aromatic N) is 2. The van der Waals surface area contributed by atoms with E-state index in [2.05, 4.69) is 17.3 Å². The number of nitrogens with two attached hydrogens (primary N) is 1. The maximum absolute atomic E-state index is 10.8. The van der Waals surface area contributed by atoms with E-state index in [1.54, 1.807) is 0 Å². The van der Waals surface area contributed by atoms with Crippen molar-refractivity contribution < 1.29 is 4.79 Å². The number of carbonyl (C=O) groups excluding carboxylic acids is 1. The molecule has 90 valence electrons. The summed E-state index contributed by atoms with van der Waals surface area (Å²) in [5, 5.41) is 7.52. The minimum atomic E-state index is -0.336. The van der Waals surface area contributed by atoms with E-state index in [4.69, 9.17) is 5.73 Å². The zero-order valence-electron chi connectivity index (χ0n) is 10.4. The fraction of sp³-hybridized carbons (Fsp3) is 0.636. The molecule has 1 rings (SSSR count). The molecule has 0 saturated carbocycles. The summed E-state index contributed by atoms with van der Waals surface area (Å²) in [6, 6.07) is 0.140. The maximum Gasteiger partial charge on any atom is 0.231 e. The van der Waals surface area contributed by atoms with Crippen molar-refractivity contribution in [2.75, 3.05) is 6.54 Å². The number of hydrogen-bond acceptors (Lipinski definition) is 3. The quantitative estimate of drug-likeness (QED) is 0.767. The normalized spacial score (nSPS) is 12.8. The third-order valence-corrected chi connectivity index (χ3v) is 2.84. The van der Waals surface area contributed by atoms with Gasteiger partial charge in [-0.3, -0.25) is 9.48 Å². The number of carbonyl (C=O) groups is 1.